The van der Waals surface area contributed by atoms with Crippen molar-refractivity contribution in [2.24, 2.45) is 0 Å². The maximum atomic E-state index is 13.0. The van der Waals surface area contributed by atoms with Crippen LogP contribution in [0.25, 0.3) is 22.2 Å². The summed E-state index contributed by atoms with van der Waals surface area (Å²) in [5.41, 5.74) is 3.77. The molecule has 8 heteroatoms. The molecule has 0 aromatic carbocycles. The quantitative estimate of drug-likeness (QED) is 0.439. The molecule has 8 nitrogen and oxygen atoms in total. The van der Waals surface area contributed by atoms with Gasteiger partial charge in [-0.15, -0.1) is 0 Å². The first-order chi connectivity index (χ1) is 16.0. The smallest absolute Gasteiger partial charge is 0.169 e. The molecule has 1 aliphatic rings. The summed E-state index contributed by atoms with van der Waals surface area (Å²) in [4.78, 5) is 39.8. The molecule has 1 fully saturated rings. The largest absolute Gasteiger partial charge is 0.354 e. The molecule has 1 aliphatic heterocycles. The van der Waals surface area contributed by atoms with Gasteiger partial charge in [0.15, 0.2) is 5.78 Å². The molecule has 5 heterocycles. The van der Waals surface area contributed by atoms with Crippen LogP contribution in [0.4, 0.5) is 5.82 Å². The number of likely N-dealkylation sites (N-methyl/N-ethyl adjacent to an activating group) is 1. The van der Waals surface area contributed by atoms with Crippen molar-refractivity contribution < 1.29 is 4.79 Å². The van der Waals surface area contributed by atoms with E-state index >= 15 is 0 Å². The van der Waals surface area contributed by atoms with Gasteiger partial charge in [0.25, 0.3) is 0 Å². The van der Waals surface area contributed by atoms with Crippen LogP contribution in [0.1, 0.15) is 21.9 Å². The number of anilines is 1. The molecule has 33 heavy (non-hydrogen) atoms. The molecule has 0 saturated carbocycles. The number of Topliss-reactive ketones (excluding diaryl/α,β-unsaturated/α-hetero) is 1. The van der Waals surface area contributed by atoms with E-state index in [1.807, 2.05) is 31.2 Å². The van der Waals surface area contributed by atoms with Crippen LogP contribution in [-0.4, -0.2) is 68.8 Å². The Morgan fingerprint density at radius 3 is 2.52 bits per heavy atom. The molecule has 4 aromatic heterocycles. The van der Waals surface area contributed by atoms with Crippen molar-refractivity contribution in [3.8, 4) is 11.3 Å². The molecule has 166 valence electrons. The van der Waals surface area contributed by atoms with Gasteiger partial charge in [-0.25, -0.2) is 19.9 Å². The SMILES string of the molecule is Cc1ncc(-c2ccc3cnc(CC(=O)c4ccnc(N5CCN(C)CC5)c4)cc3n2)cn1. The van der Waals surface area contributed by atoms with Gasteiger partial charge < -0.3 is 9.80 Å². The Morgan fingerprint density at radius 1 is 0.939 bits per heavy atom. The van der Waals surface area contributed by atoms with E-state index in [4.69, 9.17) is 4.98 Å². The van der Waals surface area contributed by atoms with Crippen LogP contribution in [0.2, 0.25) is 0 Å². The number of piperazine rings is 1. The van der Waals surface area contributed by atoms with Crippen LogP contribution in [0.15, 0.2) is 55.1 Å². The van der Waals surface area contributed by atoms with Gasteiger partial charge in [0.05, 0.1) is 23.3 Å². The highest BCUT2D eigenvalue weighted by Crippen LogP contribution is 2.21. The zero-order valence-electron chi connectivity index (χ0n) is 18.8. The fourth-order valence-corrected chi connectivity index (χ4v) is 3.91. The fraction of sp³-hybridized carbons (Fsp3) is 0.280. The molecule has 0 spiro atoms. The minimum absolute atomic E-state index is 0.0164. The Hall–Kier alpha value is -3.78. The standard InChI is InChI=1S/C25H25N7O/c1-17-27-15-20(16-28-17)22-4-3-19-14-29-21(12-23(19)30-22)13-24(33)18-5-6-26-25(11-18)32-9-7-31(2)8-10-32/h3-6,11-12,14-16H,7-10,13H2,1-2H3. The highest BCUT2D eigenvalue weighted by atomic mass is 16.1. The van der Waals surface area contributed by atoms with Gasteiger partial charge in [0.2, 0.25) is 0 Å². The van der Waals surface area contributed by atoms with Gasteiger partial charge >= 0.3 is 0 Å². The number of pyridine rings is 3. The van der Waals surface area contributed by atoms with Crippen molar-refractivity contribution in [1.29, 1.82) is 0 Å². The average Bonchev–Trinajstić information content (AvgIpc) is 2.84. The van der Waals surface area contributed by atoms with Crippen molar-refractivity contribution in [3.63, 3.8) is 0 Å². The molecule has 0 radical (unpaired) electrons. The number of nitrogens with zero attached hydrogens (tertiary/aromatic N) is 7. The summed E-state index contributed by atoms with van der Waals surface area (Å²) in [7, 11) is 2.12. The van der Waals surface area contributed by atoms with Crippen LogP contribution in [0, 0.1) is 6.92 Å². The average molecular weight is 440 g/mol. The molecule has 0 bridgehead atoms. The van der Waals surface area contributed by atoms with E-state index in [9.17, 15) is 4.79 Å². The minimum Gasteiger partial charge on any atom is -0.354 e. The van der Waals surface area contributed by atoms with Crippen LogP contribution < -0.4 is 4.90 Å². The third kappa shape index (κ3) is 4.70. The normalized spacial score (nSPS) is 14.5. The Kier molecular flexibility index (Phi) is 5.75. The second-order valence-electron chi connectivity index (χ2n) is 8.38. The maximum Gasteiger partial charge on any atom is 0.169 e. The van der Waals surface area contributed by atoms with E-state index in [1.165, 1.54) is 0 Å². The first-order valence-electron chi connectivity index (χ1n) is 11.0. The topological polar surface area (TPSA) is 88.0 Å². The molecule has 4 aromatic rings. The van der Waals surface area contributed by atoms with Crippen molar-refractivity contribution in [3.05, 3.63) is 72.2 Å². The zero-order valence-corrected chi connectivity index (χ0v) is 18.8. The molecule has 0 amide bonds. The number of carbonyl (C=O) groups is 1. The third-order valence-electron chi connectivity index (χ3n) is 5.94. The monoisotopic (exact) mass is 439 g/mol. The van der Waals surface area contributed by atoms with Crippen molar-refractivity contribution >= 4 is 22.5 Å². The van der Waals surface area contributed by atoms with Crippen LogP contribution in [-0.2, 0) is 6.42 Å². The molecule has 1 saturated heterocycles. The molecular weight excluding hydrogens is 414 g/mol. The van der Waals surface area contributed by atoms with Gasteiger partial charge in [0, 0.05) is 67.5 Å². The van der Waals surface area contributed by atoms with Gasteiger partial charge in [-0.05, 0) is 44.3 Å². The summed E-state index contributed by atoms with van der Waals surface area (Å²) in [5, 5.41) is 0.921. The van der Waals surface area contributed by atoms with Gasteiger partial charge in [-0.2, -0.15) is 0 Å². The Bertz CT molecular complexity index is 1300. The number of aromatic nitrogens is 5. The summed E-state index contributed by atoms with van der Waals surface area (Å²) in [5.74, 6) is 1.59. The molecule has 0 atom stereocenters. The number of rotatable bonds is 5. The van der Waals surface area contributed by atoms with Gasteiger partial charge in [-0.1, -0.05) is 0 Å². The van der Waals surface area contributed by atoms with E-state index in [0.29, 0.717) is 11.3 Å². The minimum atomic E-state index is 0.0164. The first kappa shape index (κ1) is 21.1. The second kappa shape index (κ2) is 8.99. The number of carbonyl (C=O) groups excluding carboxylic acids is 1. The lowest BCUT2D eigenvalue weighted by atomic mass is 10.1. The number of hydrogen-bond donors (Lipinski definition) is 0. The Morgan fingerprint density at radius 2 is 1.73 bits per heavy atom. The van der Waals surface area contributed by atoms with Crippen molar-refractivity contribution in [1.82, 2.24) is 29.8 Å². The van der Waals surface area contributed by atoms with Gasteiger partial charge in [-0.3, -0.25) is 9.78 Å². The van der Waals surface area contributed by atoms with Crippen LogP contribution in [0.3, 0.4) is 0 Å². The predicted octanol–water partition coefficient (Wildman–Crippen LogP) is 2.97. The van der Waals surface area contributed by atoms with E-state index in [-0.39, 0.29) is 12.2 Å². The molecule has 0 aliphatic carbocycles. The van der Waals surface area contributed by atoms with E-state index in [1.54, 1.807) is 30.9 Å². The number of fused-ring (bicyclic) bond motifs is 1. The lowest BCUT2D eigenvalue weighted by Crippen LogP contribution is -2.44. The lowest BCUT2D eigenvalue weighted by molar-refractivity contribution is 0.0992. The van der Waals surface area contributed by atoms with Crippen molar-refractivity contribution in [2.45, 2.75) is 13.3 Å². The summed E-state index contributed by atoms with van der Waals surface area (Å²) in [6.07, 6.45) is 7.23. The first-order valence-corrected chi connectivity index (χ1v) is 11.0. The fourth-order valence-electron chi connectivity index (χ4n) is 3.91. The third-order valence-corrected chi connectivity index (χ3v) is 5.94. The Balaban J connectivity index is 1.36. The predicted molar refractivity (Wildman–Crippen MR) is 127 cm³/mol. The number of hydrogen-bond acceptors (Lipinski definition) is 8. The molecule has 0 N–H and O–H groups in total. The van der Waals surface area contributed by atoms with Crippen LogP contribution >= 0.6 is 0 Å². The van der Waals surface area contributed by atoms with E-state index in [0.717, 1.165) is 60.0 Å². The summed E-state index contributed by atoms with van der Waals surface area (Å²) in [6.45, 7) is 5.65. The molecular formula is C25H25N7O. The lowest BCUT2D eigenvalue weighted by Gasteiger charge is -2.33. The number of ketones is 1. The Labute approximate surface area is 192 Å². The second-order valence-corrected chi connectivity index (χ2v) is 8.38. The number of aryl methyl sites for hydroxylation is 1. The van der Waals surface area contributed by atoms with E-state index in [2.05, 4.69) is 36.8 Å². The summed E-state index contributed by atoms with van der Waals surface area (Å²) < 4.78 is 0. The van der Waals surface area contributed by atoms with Crippen LogP contribution in [0.5, 0.6) is 0 Å². The van der Waals surface area contributed by atoms with Gasteiger partial charge in [0.1, 0.15) is 11.6 Å². The summed E-state index contributed by atoms with van der Waals surface area (Å²) in [6, 6.07) is 9.45. The highest BCUT2D eigenvalue weighted by molar-refractivity contribution is 5.98. The zero-order chi connectivity index (χ0) is 22.8. The van der Waals surface area contributed by atoms with Crippen molar-refractivity contribution in [2.75, 3.05) is 38.1 Å². The molecule has 5 rings (SSSR count). The van der Waals surface area contributed by atoms with E-state index < -0.39 is 0 Å². The molecule has 0 unspecified atom stereocenters. The highest BCUT2D eigenvalue weighted by Gasteiger charge is 2.17. The maximum absolute atomic E-state index is 13.0. The summed E-state index contributed by atoms with van der Waals surface area (Å²) >= 11 is 0.